The first-order valence-corrected chi connectivity index (χ1v) is 4.31. The third kappa shape index (κ3) is 1.64. The zero-order valence-electron chi connectivity index (χ0n) is 7.73. The van der Waals surface area contributed by atoms with E-state index >= 15 is 0 Å². The molecule has 4 heteroatoms. The Hall–Kier alpha value is -1.71. The monoisotopic (exact) mass is 194 g/mol. The van der Waals surface area contributed by atoms with Crippen molar-refractivity contribution in [3.05, 3.63) is 23.8 Å². The standard InChI is InChI=1S/C10H10O4/c1-7-13-9-3-2-8(5-12-6-11)4-10(9)14-7/h2-4,6-7H,5H2,1H3. The summed E-state index contributed by atoms with van der Waals surface area (Å²) in [5, 5.41) is 0. The molecule has 4 nitrogen and oxygen atoms in total. The van der Waals surface area contributed by atoms with Crippen LogP contribution in [0.25, 0.3) is 0 Å². The molecule has 0 bridgehead atoms. The van der Waals surface area contributed by atoms with Gasteiger partial charge in [0.05, 0.1) is 0 Å². The summed E-state index contributed by atoms with van der Waals surface area (Å²) in [6.07, 6.45) is -0.243. The quantitative estimate of drug-likeness (QED) is 0.683. The molecule has 1 heterocycles. The summed E-state index contributed by atoms with van der Waals surface area (Å²) in [4.78, 5) is 9.99. The highest BCUT2D eigenvalue weighted by atomic mass is 16.7. The Morgan fingerprint density at radius 2 is 2.21 bits per heavy atom. The Morgan fingerprint density at radius 1 is 1.43 bits per heavy atom. The molecule has 14 heavy (non-hydrogen) atoms. The molecule has 0 radical (unpaired) electrons. The molecule has 2 rings (SSSR count). The van der Waals surface area contributed by atoms with Gasteiger partial charge in [-0.15, -0.1) is 0 Å². The van der Waals surface area contributed by atoms with E-state index in [0.29, 0.717) is 12.2 Å². The van der Waals surface area contributed by atoms with Crippen molar-refractivity contribution in [1.82, 2.24) is 0 Å². The van der Waals surface area contributed by atoms with Crippen LogP contribution in [0, 0.1) is 0 Å². The van der Waals surface area contributed by atoms with Crippen LogP contribution in [0.5, 0.6) is 11.5 Å². The molecule has 0 aromatic heterocycles. The predicted molar refractivity (Wildman–Crippen MR) is 48.0 cm³/mol. The van der Waals surface area contributed by atoms with Gasteiger partial charge in [-0.25, -0.2) is 0 Å². The number of hydrogen-bond donors (Lipinski definition) is 0. The van der Waals surface area contributed by atoms with Crippen molar-refractivity contribution in [2.75, 3.05) is 0 Å². The van der Waals surface area contributed by atoms with Crippen molar-refractivity contribution < 1.29 is 19.0 Å². The van der Waals surface area contributed by atoms with E-state index in [0.717, 1.165) is 11.3 Å². The maximum atomic E-state index is 9.99. The number of rotatable bonds is 3. The Balaban J connectivity index is 2.15. The van der Waals surface area contributed by atoms with E-state index in [4.69, 9.17) is 9.47 Å². The van der Waals surface area contributed by atoms with Crippen LogP contribution >= 0.6 is 0 Å². The normalized spacial score (nSPS) is 17.9. The van der Waals surface area contributed by atoms with E-state index < -0.39 is 0 Å². The second-order valence-corrected chi connectivity index (χ2v) is 2.99. The largest absolute Gasteiger partial charge is 0.463 e. The summed E-state index contributed by atoms with van der Waals surface area (Å²) in [6, 6.07) is 5.45. The summed E-state index contributed by atoms with van der Waals surface area (Å²) in [5.74, 6) is 1.43. The van der Waals surface area contributed by atoms with Gasteiger partial charge in [-0.1, -0.05) is 6.07 Å². The third-order valence-electron chi connectivity index (χ3n) is 1.91. The predicted octanol–water partition coefficient (Wildman–Crippen LogP) is 1.48. The van der Waals surface area contributed by atoms with Gasteiger partial charge in [-0.2, -0.15) is 0 Å². The van der Waals surface area contributed by atoms with Crippen LogP contribution in [0.3, 0.4) is 0 Å². The highest BCUT2D eigenvalue weighted by Gasteiger charge is 2.19. The molecule has 0 spiro atoms. The van der Waals surface area contributed by atoms with E-state index in [1.807, 2.05) is 25.1 Å². The number of benzene rings is 1. The molecule has 1 aliphatic heterocycles. The van der Waals surface area contributed by atoms with Crippen LogP contribution < -0.4 is 9.47 Å². The van der Waals surface area contributed by atoms with E-state index in [-0.39, 0.29) is 12.9 Å². The van der Waals surface area contributed by atoms with Crippen LogP contribution in [0.2, 0.25) is 0 Å². The molecular weight excluding hydrogens is 184 g/mol. The second-order valence-electron chi connectivity index (χ2n) is 2.99. The SMILES string of the molecule is CC1Oc2ccc(COC=O)cc2O1. The number of carbonyl (C=O) groups excluding carboxylic acids is 1. The smallest absolute Gasteiger partial charge is 0.293 e. The average Bonchev–Trinajstić information content (AvgIpc) is 2.54. The van der Waals surface area contributed by atoms with Crippen LogP contribution in [0.15, 0.2) is 18.2 Å². The molecule has 0 amide bonds. The molecule has 1 aliphatic rings. The zero-order chi connectivity index (χ0) is 9.97. The van der Waals surface area contributed by atoms with Crippen LogP contribution in [-0.2, 0) is 16.1 Å². The fraction of sp³-hybridized carbons (Fsp3) is 0.300. The van der Waals surface area contributed by atoms with Gasteiger partial charge in [0.2, 0.25) is 6.29 Å². The molecule has 1 unspecified atom stereocenters. The van der Waals surface area contributed by atoms with E-state index in [9.17, 15) is 4.79 Å². The minimum Gasteiger partial charge on any atom is -0.463 e. The highest BCUT2D eigenvalue weighted by molar-refractivity contribution is 5.45. The van der Waals surface area contributed by atoms with Crippen molar-refractivity contribution in [2.45, 2.75) is 19.8 Å². The van der Waals surface area contributed by atoms with Gasteiger partial charge >= 0.3 is 0 Å². The lowest BCUT2D eigenvalue weighted by molar-refractivity contribution is -0.129. The lowest BCUT2D eigenvalue weighted by atomic mass is 10.2. The minimum atomic E-state index is -0.243. The summed E-state index contributed by atoms with van der Waals surface area (Å²) in [6.45, 7) is 2.50. The van der Waals surface area contributed by atoms with E-state index in [1.165, 1.54) is 0 Å². The molecular formula is C10H10O4. The van der Waals surface area contributed by atoms with Gasteiger partial charge in [-0.05, 0) is 17.7 Å². The van der Waals surface area contributed by atoms with Crippen LogP contribution in [-0.4, -0.2) is 12.8 Å². The topological polar surface area (TPSA) is 44.8 Å². The van der Waals surface area contributed by atoms with Crippen molar-refractivity contribution in [2.24, 2.45) is 0 Å². The van der Waals surface area contributed by atoms with Gasteiger partial charge in [0.15, 0.2) is 11.5 Å². The number of ether oxygens (including phenoxy) is 3. The average molecular weight is 194 g/mol. The van der Waals surface area contributed by atoms with E-state index in [2.05, 4.69) is 4.74 Å². The van der Waals surface area contributed by atoms with Crippen molar-refractivity contribution in [3.8, 4) is 11.5 Å². The van der Waals surface area contributed by atoms with Gasteiger partial charge in [0.25, 0.3) is 6.47 Å². The molecule has 74 valence electrons. The molecule has 0 N–H and O–H groups in total. The van der Waals surface area contributed by atoms with Gasteiger partial charge in [0, 0.05) is 6.92 Å². The van der Waals surface area contributed by atoms with Gasteiger partial charge in [-0.3, -0.25) is 4.79 Å². The van der Waals surface area contributed by atoms with Crippen LogP contribution in [0.4, 0.5) is 0 Å². The number of fused-ring (bicyclic) bond motifs is 1. The maximum absolute atomic E-state index is 9.99. The molecule has 0 saturated heterocycles. The Bertz CT molecular complexity index is 348. The second kappa shape index (κ2) is 3.57. The summed E-state index contributed by atoms with van der Waals surface area (Å²) < 4.78 is 15.3. The van der Waals surface area contributed by atoms with Gasteiger partial charge in [0.1, 0.15) is 6.61 Å². The van der Waals surface area contributed by atoms with Crippen LogP contribution in [0.1, 0.15) is 12.5 Å². The minimum absolute atomic E-state index is 0.243. The van der Waals surface area contributed by atoms with E-state index in [1.54, 1.807) is 0 Å². The highest BCUT2D eigenvalue weighted by Crippen LogP contribution is 2.35. The maximum Gasteiger partial charge on any atom is 0.293 e. The van der Waals surface area contributed by atoms with Crippen molar-refractivity contribution in [1.29, 1.82) is 0 Å². The van der Waals surface area contributed by atoms with Crippen molar-refractivity contribution >= 4 is 6.47 Å². The fourth-order valence-corrected chi connectivity index (χ4v) is 1.34. The molecule has 1 atom stereocenters. The summed E-state index contributed by atoms with van der Waals surface area (Å²) in [7, 11) is 0. The summed E-state index contributed by atoms with van der Waals surface area (Å²) >= 11 is 0. The lowest BCUT2D eigenvalue weighted by Gasteiger charge is -2.01. The number of carbonyl (C=O) groups is 1. The molecule has 1 aromatic rings. The molecule has 0 aliphatic carbocycles. The molecule has 1 aromatic carbocycles. The lowest BCUT2D eigenvalue weighted by Crippen LogP contribution is -2.11. The Labute approximate surface area is 81.4 Å². The Morgan fingerprint density at radius 3 is 3.00 bits per heavy atom. The fourth-order valence-electron chi connectivity index (χ4n) is 1.34. The van der Waals surface area contributed by atoms with Crippen molar-refractivity contribution in [3.63, 3.8) is 0 Å². The zero-order valence-corrected chi connectivity index (χ0v) is 7.73. The molecule has 0 fully saturated rings. The first kappa shape index (κ1) is 8.87. The first-order chi connectivity index (χ1) is 6.79. The molecule has 0 saturated carbocycles. The Kier molecular flexibility index (Phi) is 2.26. The van der Waals surface area contributed by atoms with Gasteiger partial charge < -0.3 is 14.2 Å². The first-order valence-electron chi connectivity index (χ1n) is 4.31. The summed E-state index contributed by atoms with van der Waals surface area (Å²) in [5.41, 5.74) is 0.883. The third-order valence-corrected chi connectivity index (χ3v) is 1.91. The number of hydrogen-bond acceptors (Lipinski definition) is 4.